The number of aldehydes is 1. The normalized spacial score (nSPS) is 19.6. The van der Waals surface area contributed by atoms with Crippen molar-refractivity contribution in [3.05, 3.63) is 16.5 Å². The Labute approximate surface area is 98.4 Å². The van der Waals surface area contributed by atoms with E-state index >= 15 is 0 Å². The van der Waals surface area contributed by atoms with Gasteiger partial charge in [0.2, 0.25) is 0 Å². The summed E-state index contributed by atoms with van der Waals surface area (Å²) in [6.45, 7) is 0. The van der Waals surface area contributed by atoms with Gasteiger partial charge in [-0.25, -0.2) is 9.97 Å². The van der Waals surface area contributed by atoms with Crippen molar-refractivity contribution in [2.45, 2.75) is 37.6 Å². The Hall–Kier alpha value is -1.16. The number of hydrogen-bond donors (Lipinski definition) is 1. The van der Waals surface area contributed by atoms with E-state index in [0.29, 0.717) is 34.8 Å². The van der Waals surface area contributed by atoms with E-state index in [2.05, 4.69) is 15.3 Å². The first-order valence-electron chi connectivity index (χ1n) is 5.57. The molecule has 5 heteroatoms. The summed E-state index contributed by atoms with van der Waals surface area (Å²) in [6.07, 6.45) is 5.23. The van der Waals surface area contributed by atoms with Gasteiger partial charge in [0.05, 0.1) is 0 Å². The van der Waals surface area contributed by atoms with Crippen molar-refractivity contribution in [1.29, 1.82) is 0 Å². The molecule has 0 radical (unpaired) electrons. The molecule has 2 fully saturated rings. The summed E-state index contributed by atoms with van der Waals surface area (Å²) in [4.78, 5) is 19.5. The standard InChI is InChI=1S/C11H12ClN3O/c12-9-8(5-16)14-10(6-1-2-6)15-11(9)13-7-3-4-7/h5-7H,1-4H2,(H,13,14,15). The van der Waals surface area contributed by atoms with Gasteiger partial charge in [0.15, 0.2) is 6.29 Å². The fraction of sp³-hybridized carbons (Fsp3) is 0.545. The van der Waals surface area contributed by atoms with Crippen LogP contribution in [-0.2, 0) is 0 Å². The van der Waals surface area contributed by atoms with Crippen LogP contribution in [-0.4, -0.2) is 22.3 Å². The fourth-order valence-electron chi connectivity index (χ4n) is 1.60. The van der Waals surface area contributed by atoms with Gasteiger partial charge in [0.25, 0.3) is 0 Å². The molecule has 0 bridgehead atoms. The summed E-state index contributed by atoms with van der Waals surface area (Å²) >= 11 is 6.06. The van der Waals surface area contributed by atoms with Crippen molar-refractivity contribution in [2.24, 2.45) is 0 Å². The van der Waals surface area contributed by atoms with Crippen molar-refractivity contribution in [1.82, 2.24) is 9.97 Å². The van der Waals surface area contributed by atoms with E-state index in [-0.39, 0.29) is 0 Å². The highest BCUT2D eigenvalue weighted by Gasteiger charge is 2.30. The molecule has 0 aliphatic heterocycles. The van der Waals surface area contributed by atoms with E-state index in [0.717, 1.165) is 31.5 Å². The molecule has 1 aromatic heterocycles. The van der Waals surface area contributed by atoms with Gasteiger partial charge in [-0.15, -0.1) is 0 Å². The Bertz CT molecular complexity index is 441. The molecule has 4 nitrogen and oxygen atoms in total. The van der Waals surface area contributed by atoms with Crippen molar-refractivity contribution in [3.8, 4) is 0 Å². The first-order chi connectivity index (χ1) is 7.78. The molecule has 0 amide bonds. The molecule has 0 unspecified atom stereocenters. The summed E-state index contributed by atoms with van der Waals surface area (Å²) < 4.78 is 0. The van der Waals surface area contributed by atoms with Gasteiger partial charge >= 0.3 is 0 Å². The first-order valence-corrected chi connectivity index (χ1v) is 5.95. The van der Waals surface area contributed by atoms with Gasteiger partial charge in [0, 0.05) is 12.0 Å². The Kier molecular flexibility index (Phi) is 2.32. The zero-order chi connectivity index (χ0) is 11.1. The number of carbonyl (C=O) groups excluding carboxylic acids is 1. The van der Waals surface area contributed by atoms with Gasteiger partial charge in [-0.05, 0) is 25.7 Å². The van der Waals surface area contributed by atoms with Crippen LogP contribution in [0, 0.1) is 0 Å². The molecule has 2 aliphatic carbocycles. The number of rotatable bonds is 4. The van der Waals surface area contributed by atoms with Gasteiger partial charge < -0.3 is 5.32 Å². The molecule has 16 heavy (non-hydrogen) atoms. The number of halogens is 1. The average molecular weight is 238 g/mol. The van der Waals surface area contributed by atoms with Crippen LogP contribution < -0.4 is 5.32 Å². The second-order valence-electron chi connectivity index (χ2n) is 4.44. The van der Waals surface area contributed by atoms with E-state index < -0.39 is 0 Å². The quantitative estimate of drug-likeness (QED) is 0.817. The molecule has 1 aromatic rings. The molecular weight excluding hydrogens is 226 g/mol. The maximum absolute atomic E-state index is 10.9. The van der Waals surface area contributed by atoms with E-state index in [1.807, 2.05) is 0 Å². The highest BCUT2D eigenvalue weighted by molar-refractivity contribution is 6.35. The third kappa shape index (κ3) is 1.89. The van der Waals surface area contributed by atoms with Crippen LogP contribution in [0.5, 0.6) is 0 Å². The number of nitrogens with zero attached hydrogens (tertiary/aromatic N) is 2. The summed E-state index contributed by atoms with van der Waals surface area (Å²) in [5.74, 6) is 1.81. The minimum absolute atomic E-state index is 0.307. The van der Waals surface area contributed by atoms with Gasteiger partial charge in [-0.1, -0.05) is 11.6 Å². The van der Waals surface area contributed by atoms with Crippen molar-refractivity contribution >= 4 is 23.7 Å². The SMILES string of the molecule is O=Cc1nc(C2CC2)nc(NC2CC2)c1Cl. The Balaban J connectivity index is 1.98. The summed E-state index contributed by atoms with van der Waals surface area (Å²) in [7, 11) is 0. The predicted molar refractivity (Wildman–Crippen MR) is 61.0 cm³/mol. The molecule has 0 atom stereocenters. The lowest BCUT2D eigenvalue weighted by Crippen LogP contribution is -2.08. The van der Waals surface area contributed by atoms with Crippen LogP contribution >= 0.6 is 11.6 Å². The minimum Gasteiger partial charge on any atom is -0.366 e. The van der Waals surface area contributed by atoms with Crippen LogP contribution in [0.25, 0.3) is 0 Å². The Morgan fingerprint density at radius 3 is 2.56 bits per heavy atom. The fourth-order valence-corrected chi connectivity index (χ4v) is 1.78. The molecule has 2 saturated carbocycles. The zero-order valence-electron chi connectivity index (χ0n) is 8.74. The lowest BCUT2D eigenvalue weighted by Gasteiger charge is -2.09. The lowest BCUT2D eigenvalue weighted by atomic mass is 10.3. The molecular formula is C11H12ClN3O. The molecule has 0 saturated heterocycles. The van der Waals surface area contributed by atoms with E-state index in [4.69, 9.17) is 11.6 Å². The topological polar surface area (TPSA) is 54.9 Å². The van der Waals surface area contributed by atoms with Crippen molar-refractivity contribution in [2.75, 3.05) is 5.32 Å². The van der Waals surface area contributed by atoms with Gasteiger partial charge in [0.1, 0.15) is 22.4 Å². The molecule has 1 heterocycles. The van der Waals surface area contributed by atoms with Crippen LogP contribution in [0.2, 0.25) is 5.02 Å². The lowest BCUT2D eigenvalue weighted by molar-refractivity contribution is 0.111. The average Bonchev–Trinajstić information content (AvgIpc) is 3.14. The third-order valence-electron chi connectivity index (χ3n) is 2.87. The highest BCUT2D eigenvalue weighted by atomic mass is 35.5. The summed E-state index contributed by atoms with van der Waals surface area (Å²) in [6, 6.07) is 0.471. The molecule has 0 aromatic carbocycles. The number of hydrogen-bond acceptors (Lipinski definition) is 4. The van der Waals surface area contributed by atoms with Crippen molar-refractivity contribution < 1.29 is 4.79 Å². The zero-order valence-corrected chi connectivity index (χ0v) is 9.50. The second-order valence-corrected chi connectivity index (χ2v) is 4.82. The predicted octanol–water partition coefficient (Wildman–Crippen LogP) is 2.39. The van der Waals surface area contributed by atoms with Crippen LogP contribution in [0.4, 0.5) is 5.82 Å². The Morgan fingerprint density at radius 1 is 1.25 bits per heavy atom. The molecule has 2 aliphatic rings. The second kappa shape index (κ2) is 3.70. The van der Waals surface area contributed by atoms with Crippen LogP contribution in [0.3, 0.4) is 0 Å². The molecule has 84 valence electrons. The molecule has 3 rings (SSSR count). The first kappa shape index (κ1) is 10.0. The maximum Gasteiger partial charge on any atom is 0.170 e. The largest absolute Gasteiger partial charge is 0.366 e. The molecule has 0 spiro atoms. The number of aromatic nitrogens is 2. The van der Waals surface area contributed by atoms with E-state index in [1.165, 1.54) is 0 Å². The summed E-state index contributed by atoms with van der Waals surface area (Å²) in [5.41, 5.74) is 0.307. The Morgan fingerprint density at radius 2 is 2.00 bits per heavy atom. The van der Waals surface area contributed by atoms with Gasteiger partial charge in [-0.3, -0.25) is 4.79 Å². The third-order valence-corrected chi connectivity index (χ3v) is 3.24. The smallest absolute Gasteiger partial charge is 0.170 e. The number of carbonyl (C=O) groups is 1. The number of nitrogens with one attached hydrogen (secondary N) is 1. The van der Waals surface area contributed by atoms with Gasteiger partial charge in [-0.2, -0.15) is 0 Å². The van der Waals surface area contributed by atoms with Crippen LogP contribution in [0.1, 0.15) is 47.9 Å². The van der Waals surface area contributed by atoms with Crippen LogP contribution in [0.15, 0.2) is 0 Å². The highest BCUT2D eigenvalue weighted by Crippen LogP contribution is 2.40. The maximum atomic E-state index is 10.9. The van der Waals surface area contributed by atoms with E-state index in [1.54, 1.807) is 0 Å². The number of anilines is 1. The minimum atomic E-state index is 0.307. The summed E-state index contributed by atoms with van der Waals surface area (Å²) in [5, 5.41) is 3.59. The molecule has 1 N–H and O–H groups in total. The van der Waals surface area contributed by atoms with Crippen molar-refractivity contribution in [3.63, 3.8) is 0 Å². The monoisotopic (exact) mass is 237 g/mol. The van der Waals surface area contributed by atoms with E-state index in [9.17, 15) is 4.79 Å².